The van der Waals surface area contributed by atoms with E-state index in [0.717, 1.165) is 19.6 Å². The highest BCUT2D eigenvalue weighted by atomic mass is 16.5. The predicted molar refractivity (Wildman–Crippen MR) is 56.3 cm³/mol. The highest BCUT2D eigenvalue weighted by molar-refractivity contribution is 4.77. The second-order valence-electron chi connectivity index (χ2n) is 4.07. The summed E-state index contributed by atoms with van der Waals surface area (Å²) in [6, 6.07) is 0. The first-order valence-corrected chi connectivity index (χ1v) is 5.26. The van der Waals surface area contributed by atoms with Crippen LogP contribution in [0.25, 0.3) is 0 Å². The molecule has 0 aliphatic carbocycles. The van der Waals surface area contributed by atoms with Crippen LogP contribution in [-0.2, 0) is 9.47 Å². The van der Waals surface area contributed by atoms with Gasteiger partial charge in [-0.15, -0.1) is 0 Å². The van der Waals surface area contributed by atoms with Crippen molar-refractivity contribution in [2.75, 3.05) is 33.3 Å². The Morgan fingerprint density at radius 3 is 2.86 bits per heavy atom. The van der Waals surface area contributed by atoms with Gasteiger partial charge < -0.3 is 15.2 Å². The summed E-state index contributed by atoms with van der Waals surface area (Å²) in [5.41, 5.74) is 5.61. The van der Waals surface area contributed by atoms with E-state index in [-0.39, 0.29) is 18.3 Å². The second kappa shape index (κ2) is 5.66. The van der Waals surface area contributed by atoms with Gasteiger partial charge >= 0.3 is 0 Å². The molecule has 0 spiro atoms. The van der Waals surface area contributed by atoms with Crippen LogP contribution in [0.2, 0.25) is 0 Å². The monoisotopic (exact) mass is 202 g/mol. The lowest BCUT2D eigenvalue weighted by atomic mass is 10.2. The molecule has 0 bridgehead atoms. The molecule has 1 aliphatic rings. The van der Waals surface area contributed by atoms with E-state index in [4.69, 9.17) is 15.2 Å². The van der Waals surface area contributed by atoms with Gasteiger partial charge in [0.1, 0.15) is 0 Å². The van der Waals surface area contributed by atoms with Gasteiger partial charge in [-0.25, -0.2) is 0 Å². The molecule has 0 aromatic rings. The zero-order valence-corrected chi connectivity index (χ0v) is 9.40. The summed E-state index contributed by atoms with van der Waals surface area (Å²) in [4.78, 5) is 2.36. The third-order valence-corrected chi connectivity index (χ3v) is 2.58. The van der Waals surface area contributed by atoms with Crippen LogP contribution in [0.3, 0.4) is 0 Å². The molecule has 1 fully saturated rings. The van der Waals surface area contributed by atoms with Crippen molar-refractivity contribution in [1.29, 1.82) is 0 Å². The van der Waals surface area contributed by atoms with Crippen molar-refractivity contribution in [3.8, 4) is 0 Å². The Hall–Kier alpha value is -0.160. The molecule has 1 saturated heterocycles. The van der Waals surface area contributed by atoms with Crippen LogP contribution >= 0.6 is 0 Å². The third kappa shape index (κ3) is 3.53. The first kappa shape index (κ1) is 11.9. The van der Waals surface area contributed by atoms with Crippen molar-refractivity contribution in [3.63, 3.8) is 0 Å². The fourth-order valence-corrected chi connectivity index (χ4v) is 1.86. The van der Waals surface area contributed by atoms with Gasteiger partial charge in [0, 0.05) is 33.3 Å². The SMILES string of the molecule is COC(C)CN1CC(C)OC(CN)C1. The van der Waals surface area contributed by atoms with Gasteiger partial charge in [0.05, 0.1) is 18.3 Å². The minimum atomic E-state index is 0.183. The van der Waals surface area contributed by atoms with E-state index in [0.29, 0.717) is 6.54 Å². The number of rotatable bonds is 4. The molecule has 0 saturated carbocycles. The summed E-state index contributed by atoms with van der Waals surface area (Å²) in [6.07, 6.45) is 0.739. The summed E-state index contributed by atoms with van der Waals surface area (Å²) in [5, 5.41) is 0. The van der Waals surface area contributed by atoms with Gasteiger partial charge in [0.15, 0.2) is 0 Å². The smallest absolute Gasteiger partial charge is 0.0828 e. The molecule has 4 nitrogen and oxygen atoms in total. The molecule has 0 amide bonds. The molecule has 0 aromatic heterocycles. The van der Waals surface area contributed by atoms with E-state index in [1.807, 2.05) is 0 Å². The van der Waals surface area contributed by atoms with E-state index in [9.17, 15) is 0 Å². The van der Waals surface area contributed by atoms with Crippen LogP contribution in [0.15, 0.2) is 0 Å². The average Bonchev–Trinajstić information content (AvgIpc) is 2.16. The van der Waals surface area contributed by atoms with Crippen LogP contribution in [0.4, 0.5) is 0 Å². The average molecular weight is 202 g/mol. The van der Waals surface area contributed by atoms with Crippen LogP contribution in [0.1, 0.15) is 13.8 Å². The lowest BCUT2D eigenvalue weighted by Crippen LogP contribution is -2.51. The zero-order valence-electron chi connectivity index (χ0n) is 9.40. The molecule has 84 valence electrons. The van der Waals surface area contributed by atoms with Crippen molar-refractivity contribution in [2.24, 2.45) is 5.73 Å². The van der Waals surface area contributed by atoms with Crippen molar-refractivity contribution in [1.82, 2.24) is 4.90 Å². The molecule has 4 heteroatoms. The molecule has 2 N–H and O–H groups in total. The number of methoxy groups -OCH3 is 1. The highest BCUT2D eigenvalue weighted by Gasteiger charge is 2.24. The zero-order chi connectivity index (χ0) is 10.6. The van der Waals surface area contributed by atoms with Gasteiger partial charge in [0.25, 0.3) is 0 Å². The van der Waals surface area contributed by atoms with Crippen LogP contribution in [0, 0.1) is 0 Å². The van der Waals surface area contributed by atoms with Crippen LogP contribution in [0.5, 0.6) is 0 Å². The van der Waals surface area contributed by atoms with E-state index < -0.39 is 0 Å². The minimum absolute atomic E-state index is 0.183. The number of nitrogens with two attached hydrogens (primary N) is 1. The number of ether oxygens (including phenoxy) is 2. The van der Waals surface area contributed by atoms with E-state index >= 15 is 0 Å². The second-order valence-corrected chi connectivity index (χ2v) is 4.07. The Balaban J connectivity index is 2.37. The van der Waals surface area contributed by atoms with Crippen molar-refractivity contribution in [2.45, 2.75) is 32.2 Å². The summed E-state index contributed by atoms with van der Waals surface area (Å²) in [6.45, 7) is 7.63. The van der Waals surface area contributed by atoms with Crippen molar-refractivity contribution < 1.29 is 9.47 Å². The normalized spacial score (nSPS) is 31.7. The Bertz CT molecular complexity index is 164. The van der Waals surface area contributed by atoms with Gasteiger partial charge in [0.2, 0.25) is 0 Å². The highest BCUT2D eigenvalue weighted by Crippen LogP contribution is 2.11. The summed E-state index contributed by atoms with van der Waals surface area (Å²) in [5.74, 6) is 0. The maximum Gasteiger partial charge on any atom is 0.0828 e. The summed E-state index contributed by atoms with van der Waals surface area (Å²) in [7, 11) is 1.74. The van der Waals surface area contributed by atoms with Gasteiger partial charge in [-0.1, -0.05) is 0 Å². The van der Waals surface area contributed by atoms with Crippen LogP contribution in [-0.4, -0.2) is 56.5 Å². The molecule has 0 aromatic carbocycles. The third-order valence-electron chi connectivity index (χ3n) is 2.58. The lowest BCUT2D eigenvalue weighted by Gasteiger charge is -2.37. The number of hydrogen-bond donors (Lipinski definition) is 1. The first-order chi connectivity index (χ1) is 6.65. The number of hydrogen-bond acceptors (Lipinski definition) is 4. The quantitative estimate of drug-likeness (QED) is 0.701. The molecule has 1 rings (SSSR count). The molecule has 1 heterocycles. The maximum atomic E-state index is 5.67. The number of nitrogens with zero attached hydrogens (tertiary/aromatic N) is 1. The molecule has 0 radical (unpaired) electrons. The topological polar surface area (TPSA) is 47.7 Å². The van der Waals surface area contributed by atoms with Crippen LogP contribution < -0.4 is 5.73 Å². The molecule has 3 atom stereocenters. The largest absolute Gasteiger partial charge is 0.380 e. The molecule has 1 aliphatic heterocycles. The number of morpholine rings is 1. The summed E-state index contributed by atoms with van der Waals surface area (Å²) < 4.78 is 10.9. The van der Waals surface area contributed by atoms with Crippen molar-refractivity contribution in [3.05, 3.63) is 0 Å². The first-order valence-electron chi connectivity index (χ1n) is 5.26. The van der Waals surface area contributed by atoms with Crippen molar-refractivity contribution >= 4 is 0 Å². The Morgan fingerprint density at radius 1 is 1.57 bits per heavy atom. The molecular weight excluding hydrogens is 180 g/mol. The fraction of sp³-hybridized carbons (Fsp3) is 1.00. The lowest BCUT2D eigenvalue weighted by molar-refractivity contribution is -0.0813. The fourth-order valence-electron chi connectivity index (χ4n) is 1.86. The van der Waals surface area contributed by atoms with E-state index in [2.05, 4.69) is 18.7 Å². The molecule has 3 unspecified atom stereocenters. The van der Waals surface area contributed by atoms with Gasteiger partial charge in [-0.2, -0.15) is 0 Å². The molecular formula is C10H22N2O2. The Labute approximate surface area is 86.3 Å². The predicted octanol–water partition coefficient (Wildman–Crippen LogP) is 0.0693. The minimum Gasteiger partial charge on any atom is -0.380 e. The Morgan fingerprint density at radius 2 is 2.29 bits per heavy atom. The standard InChI is InChI=1S/C10H22N2O2/c1-8(13-3)5-12-6-9(2)14-10(4-11)7-12/h8-10H,4-7,11H2,1-3H3. The van der Waals surface area contributed by atoms with E-state index in [1.165, 1.54) is 0 Å². The van der Waals surface area contributed by atoms with E-state index in [1.54, 1.807) is 7.11 Å². The van der Waals surface area contributed by atoms with Gasteiger partial charge in [-0.3, -0.25) is 4.90 Å². The summed E-state index contributed by atoms with van der Waals surface area (Å²) >= 11 is 0. The molecule has 14 heavy (non-hydrogen) atoms. The van der Waals surface area contributed by atoms with Gasteiger partial charge in [-0.05, 0) is 13.8 Å². The Kier molecular flexibility index (Phi) is 4.81. The maximum absolute atomic E-state index is 5.67.